The second-order valence-electron chi connectivity index (χ2n) is 4.56. The standard InChI is InChI=1S/C13H12FN3O2/c1-8-15-13(19-16-8)9-6-12(18)17(7-9)11-4-2-10(14)3-5-11/h2-5,9H,6-7H2,1H3/t9-/m1/s1. The van der Waals surface area contributed by atoms with Crippen LogP contribution in [0.1, 0.15) is 24.1 Å². The number of amides is 1. The predicted octanol–water partition coefficient (Wildman–Crippen LogP) is 2.04. The Kier molecular flexibility index (Phi) is 2.77. The van der Waals surface area contributed by atoms with Crippen molar-refractivity contribution >= 4 is 11.6 Å². The topological polar surface area (TPSA) is 59.2 Å². The quantitative estimate of drug-likeness (QED) is 0.830. The van der Waals surface area contributed by atoms with Crippen LogP contribution in [0.4, 0.5) is 10.1 Å². The molecule has 1 atom stereocenters. The number of halogens is 1. The highest BCUT2D eigenvalue weighted by atomic mass is 19.1. The monoisotopic (exact) mass is 261 g/mol. The number of benzene rings is 1. The second kappa shape index (κ2) is 4.46. The molecular weight excluding hydrogens is 249 g/mol. The van der Waals surface area contributed by atoms with Gasteiger partial charge in [0.15, 0.2) is 5.82 Å². The molecule has 1 aromatic carbocycles. The number of hydrogen-bond acceptors (Lipinski definition) is 4. The van der Waals surface area contributed by atoms with Crippen LogP contribution in [-0.2, 0) is 4.79 Å². The lowest BCUT2D eigenvalue weighted by Crippen LogP contribution is -2.24. The van der Waals surface area contributed by atoms with Gasteiger partial charge < -0.3 is 9.42 Å². The molecule has 98 valence electrons. The fraction of sp³-hybridized carbons (Fsp3) is 0.308. The van der Waals surface area contributed by atoms with Gasteiger partial charge in [-0.3, -0.25) is 4.79 Å². The lowest BCUT2D eigenvalue weighted by atomic mass is 10.1. The van der Waals surface area contributed by atoms with Crippen molar-refractivity contribution in [3.63, 3.8) is 0 Å². The third-order valence-electron chi connectivity index (χ3n) is 3.16. The summed E-state index contributed by atoms with van der Waals surface area (Å²) < 4.78 is 18.0. The van der Waals surface area contributed by atoms with Crippen molar-refractivity contribution in [2.24, 2.45) is 0 Å². The van der Waals surface area contributed by atoms with Crippen LogP contribution in [0.2, 0.25) is 0 Å². The first kappa shape index (κ1) is 11.8. The third kappa shape index (κ3) is 2.21. The number of rotatable bonds is 2. The van der Waals surface area contributed by atoms with E-state index >= 15 is 0 Å². The van der Waals surface area contributed by atoms with Gasteiger partial charge in [-0.2, -0.15) is 4.98 Å². The van der Waals surface area contributed by atoms with Gasteiger partial charge in [0.2, 0.25) is 11.8 Å². The number of anilines is 1. The van der Waals surface area contributed by atoms with Gasteiger partial charge >= 0.3 is 0 Å². The molecule has 1 amide bonds. The average molecular weight is 261 g/mol. The summed E-state index contributed by atoms with van der Waals surface area (Å²) in [6, 6.07) is 5.86. The fourth-order valence-corrected chi connectivity index (χ4v) is 2.22. The summed E-state index contributed by atoms with van der Waals surface area (Å²) in [6.07, 6.45) is 0.332. The van der Waals surface area contributed by atoms with Crippen molar-refractivity contribution in [1.82, 2.24) is 10.1 Å². The maximum Gasteiger partial charge on any atom is 0.232 e. The van der Waals surface area contributed by atoms with Crippen LogP contribution in [0, 0.1) is 12.7 Å². The summed E-state index contributed by atoms with van der Waals surface area (Å²) >= 11 is 0. The van der Waals surface area contributed by atoms with Crippen LogP contribution in [-0.4, -0.2) is 22.6 Å². The zero-order chi connectivity index (χ0) is 13.4. The molecule has 19 heavy (non-hydrogen) atoms. The van der Waals surface area contributed by atoms with Gasteiger partial charge in [-0.1, -0.05) is 5.16 Å². The molecule has 0 saturated carbocycles. The first-order chi connectivity index (χ1) is 9.13. The Morgan fingerprint density at radius 3 is 2.74 bits per heavy atom. The normalized spacial score (nSPS) is 19.2. The molecule has 6 heteroatoms. The number of hydrogen-bond donors (Lipinski definition) is 0. The van der Waals surface area contributed by atoms with E-state index in [9.17, 15) is 9.18 Å². The van der Waals surface area contributed by atoms with Crippen molar-refractivity contribution in [2.75, 3.05) is 11.4 Å². The van der Waals surface area contributed by atoms with Crippen molar-refractivity contribution < 1.29 is 13.7 Å². The van der Waals surface area contributed by atoms with Gasteiger partial charge in [-0.15, -0.1) is 0 Å². The van der Waals surface area contributed by atoms with E-state index in [1.54, 1.807) is 24.0 Å². The third-order valence-corrected chi connectivity index (χ3v) is 3.16. The van der Waals surface area contributed by atoms with E-state index in [1.165, 1.54) is 12.1 Å². The lowest BCUT2D eigenvalue weighted by molar-refractivity contribution is -0.117. The second-order valence-corrected chi connectivity index (χ2v) is 4.56. The van der Waals surface area contributed by atoms with E-state index < -0.39 is 0 Å². The predicted molar refractivity (Wildman–Crippen MR) is 65.1 cm³/mol. The molecule has 2 aromatic rings. The maximum atomic E-state index is 12.9. The minimum Gasteiger partial charge on any atom is -0.339 e. The molecule has 0 unspecified atom stereocenters. The Bertz CT molecular complexity index is 609. The van der Waals surface area contributed by atoms with Gasteiger partial charge in [0.05, 0.1) is 5.92 Å². The minimum atomic E-state index is -0.320. The van der Waals surface area contributed by atoms with Crippen LogP contribution in [0.5, 0.6) is 0 Å². The Morgan fingerprint density at radius 2 is 2.11 bits per heavy atom. The Balaban J connectivity index is 1.82. The summed E-state index contributed by atoms with van der Waals surface area (Å²) in [5.41, 5.74) is 0.685. The first-order valence-electron chi connectivity index (χ1n) is 5.99. The number of aromatic nitrogens is 2. The van der Waals surface area contributed by atoms with E-state index in [0.717, 1.165) is 0 Å². The van der Waals surface area contributed by atoms with E-state index in [4.69, 9.17) is 4.52 Å². The van der Waals surface area contributed by atoms with Crippen molar-refractivity contribution in [2.45, 2.75) is 19.3 Å². The molecule has 1 fully saturated rings. The molecule has 0 radical (unpaired) electrons. The molecule has 0 N–H and O–H groups in total. The molecule has 1 aliphatic heterocycles. The van der Waals surface area contributed by atoms with Crippen molar-refractivity contribution in [1.29, 1.82) is 0 Å². The maximum absolute atomic E-state index is 12.9. The average Bonchev–Trinajstić information content (AvgIpc) is 2.97. The van der Waals surface area contributed by atoms with Crippen molar-refractivity contribution in [3.8, 4) is 0 Å². The van der Waals surface area contributed by atoms with E-state index in [2.05, 4.69) is 10.1 Å². The van der Waals surface area contributed by atoms with Crippen LogP contribution < -0.4 is 4.90 Å². The van der Waals surface area contributed by atoms with E-state index in [1.807, 2.05) is 0 Å². The summed E-state index contributed by atoms with van der Waals surface area (Å²) in [5, 5.41) is 3.73. The number of carbonyl (C=O) groups is 1. The molecule has 1 aromatic heterocycles. The molecule has 1 saturated heterocycles. The van der Waals surface area contributed by atoms with Crippen LogP contribution in [0.15, 0.2) is 28.8 Å². The highest BCUT2D eigenvalue weighted by molar-refractivity contribution is 5.96. The van der Waals surface area contributed by atoms with Gasteiger partial charge in [0, 0.05) is 18.7 Å². The zero-order valence-corrected chi connectivity index (χ0v) is 10.3. The number of nitrogens with zero attached hydrogens (tertiary/aromatic N) is 3. The van der Waals surface area contributed by atoms with Gasteiger partial charge in [0.1, 0.15) is 5.82 Å². The smallest absolute Gasteiger partial charge is 0.232 e. The molecule has 5 nitrogen and oxygen atoms in total. The largest absolute Gasteiger partial charge is 0.339 e. The lowest BCUT2D eigenvalue weighted by Gasteiger charge is -2.15. The Labute approximate surface area is 109 Å². The molecular formula is C13H12FN3O2. The van der Waals surface area contributed by atoms with Crippen molar-refractivity contribution in [3.05, 3.63) is 41.8 Å². The summed E-state index contributed by atoms with van der Waals surface area (Å²) in [7, 11) is 0. The highest BCUT2D eigenvalue weighted by Crippen LogP contribution is 2.30. The molecule has 1 aliphatic rings. The summed E-state index contributed by atoms with van der Waals surface area (Å²) in [4.78, 5) is 17.8. The van der Waals surface area contributed by atoms with E-state index in [-0.39, 0.29) is 17.6 Å². The van der Waals surface area contributed by atoms with Crippen LogP contribution in [0.3, 0.4) is 0 Å². The molecule has 2 heterocycles. The highest BCUT2D eigenvalue weighted by Gasteiger charge is 2.34. The van der Waals surface area contributed by atoms with E-state index in [0.29, 0.717) is 30.4 Å². The Morgan fingerprint density at radius 1 is 1.37 bits per heavy atom. The van der Waals surface area contributed by atoms with Crippen LogP contribution in [0.25, 0.3) is 0 Å². The Hall–Kier alpha value is -2.24. The molecule has 3 rings (SSSR count). The molecule has 0 spiro atoms. The zero-order valence-electron chi connectivity index (χ0n) is 10.3. The number of aryl methyl sites for hydroxylation is 1. The SMILES string of the molecule is Cc1noc([C@@H]2CC(=O)N(c3ccc(F)cc3)C2)n1. The summed E-state index contributed by atoms with van der Waals surface area (Å²) in [6.45, 7) is 2.22. The molecule has 0 aliphatic carbocycles. The van der Waals surface area contributed by atoms with Gasteiger partial charge in [-0.25, -0.2) is 4.39 Å². The molecule has 0 bridgehead atoms. The van der Waals surface area contributed by atoms with Crippen LogP contribution >= 0.6 is 0 Å². The fourth-order valence-electron chi connectivity index (χ4n) is 2.22. The number of carbonyl (C=O) groups excluding carboxylic acids is 1. The van der Waals surface area contributed by atoms with Gasteiger partial charge in [-0.05, 0) is 31.2 Å². The summed E-state index contributed by atoms with van der Waals surface area (Å²) in [5.74, 6) is 0.601. The van der Waals surface area contributed by atoms with Gasteiger partial charge in [0.25, 0.3) is 0 Å². The first-order valence-corrected chi connectivity index (χ1v) is 5.99. The minimum absolute atomic E-state index is 0.0209.